The van der Waals surface area contributed by atoms with Crippen LogP contribution < -0.4 is 14.4 Å². The second-order valence-corrected chi connectivity index (χ2v) is 8.40. The van der Waals surface area contributed by atoms with Crippen molar-refractivity contribution >= 4 is 22.3 Å². The highest BCUT2D eigenvalue weighted by molar-refractivity contribution is 6.00. The molecule has 0 fully saturated rings. The number of aryl methyl sites for hydroxylation is 1. The average Bonchev–Trinajstić information content (AvgIpc) is 3.33. The number of nitrogens with zero attached hydrogens (tertiary/aromatic N) is 2. The molecule has 0 unspecified atom stereocenters. The van der Waals surface area contributed by atoms with E-state index in [1.807, 2.05) is 84.9 Å². The number of anilines is 2. The highest BCUT2D eigenvalue weighted by Gasteiger charge is 2.26. The lowest BCUT2D eigenvalue weighted by Gasteiger charge is -2.22. The Labute approximate surface area is 199 Å². The van der Waals surface area contributed by atoms with E-state index < -0.39 is 0 Å². The number of pyridine rings is 1. The Morgan fingerprint density at radius 2 is 1.32 bits per heavy atom. The highest BCUT2D eigenvalue weighted by atomic mass is 16.5. The van der Waals surface area contributed by atoms with E-state index in [0.29, 0.717) is 0 Å². The quantitative estimate of drug-likeness (QED) is 0.277. The zero-order chi connectivity index (χ0) is 22.9. The number of para-hydroxylation sites is 3. The Morgan fingerprint density at radius 1 is 0.676 bits per heavy atom. The van der Waals surface area contributed by atoms with Gasteiger partial charge in [-0.05, 0) is 73.5 Å². The molecule has 0 spiro atoms. The van der Waals surface area contributed by atoms with E-state index in [1.165, 1.54) is 11.3 Å². The van der Waals surface area contributed by atoms with Crippen LogP contribution in [0.4, 0.5) is 11.4 Å². The Bertz CT molecular complexity index is 1450. The Kier molecular flexibility index (Phi) is 5.11. The minimum Gasteiger partial charge on any atom is -0.457 e. The number of hydrogen-bond acceptors (Lipinski definition) is 4. The van der Waals surface area contributed by atoms with Gasteiger partial charge in [-0.25, -0.2) is 4.98 Å². The fourth-order valence-corrected chi connectivity index (χ4v) is 4.62. The van der Waals surface area contributed by atoms with Crippen molar-refractivity contribution in [3.05, 3.63) is 114 Å². The summed E-state index contributed by atoms with van der Waals surface area (Å²) in [7, 11) is 0. The van der Waals surface area contributed by atoms with Crippen molar-refractivity contribution in [1.29, 1.82) is 0 Å². The van der Waals surface area contributed by atoms with Gasteiger partial charge in [0.15, 0.2) is 5.75 Å². The molecule has 6 rings (SSSR count). The summed E-state index contributed by atoms with van der Waals surface area (Å²) in [6, 6.07) is 34.2. The lowest BCUT2D eigenvalue weighted by atomic mass is 10.1. The Hall–Kier alpha value is -4.31. The zero-order valence-electron chi connectivity index (χ0n) is 18.9. The summed E-state index contributed by atoms with van der Waals surface area (Å²) in [6.07, 6.45) is 0.968. The molecule has 34 heavy (non-hydrogen) atoms. The van der Waals surface area contributed by atoms with Crippen LogP contribution in [0.5, 0.6) is 23.0 Å². The van der Waals surface area contributed by atoms with Crippen molar-refractivity contribution in [3.8, 4) is 23.0 Å². The van der Waals surface area contributed by atoms with E-state index in [9.17, 15) is 0 Å². The molecule has 4 aromatic carbocycles. The van der Waals surface area contributed by atoms with Gasteiger partial charge in [-0.3, -0.25) is 0 Å². The third kappa shape index (κ3) is 3.73. The van der Waals surface area contributed by atoms with Crippen molar-refractivity contribution in [2.24, 2.45) is 0 Å². The normalized spacial score (nSPS) is 12.6. The fraction of sp³-hybridized carbons (Fsp3) is 0.100. The lowest BCUT2D eigenvalue weighted by molar-refractivity contribution is 0.482. The van der Waals surface area contributed by atoms with Crippen LogP contribution in [-0.4, -0.2) is 11.5 Å². The summed E-state index contributed by atoms with van der Waals surface area (Å²) < 4.78 is 12.2. The average molecular weight is 445 g/mol. The van der Waals surface area contributed by atoms with Crippen molar-refractivity contribution < 1.29 is 9.47 Å². The lowest BCUT2D eigenvalue weighted by Crippen LogP contribution is -2.13. The van der Waals surface area contributed by atoms with Gasteiger partial charge in [-0.1, -0.05) is 48.5 Å². The molecule has 2 heterocycles. The van der Waals surface area contributed by atoms with E-state index in [-0.39, 0.29) is 0 Å². The summed E-state index contributed by atoms with van der Waals surface area (Å²) in [5, 5.41) is 1.11. The van der Waals surface area contributed by atoms with Gasteiger partial charge in [0.1, 0.15) is 22.8 Å². The molecule has 0 aliphatic carbocycles. The second kappa shape index (κ2) is 8.56. The predicted molar refractivity (Wildman–Crippen MR) is 137 cm³/mol. The van der Waals surface area contributed by atoms with Crippen LogP contribution in [0, 0.1) is 6.92 Å². The molecule has 0 N–H and O–H groups in total. The second-order valence-electron chi connectivity index (χ2n) is 8.40. The van der Waals surface area contributed by atoms with E-state index in [0.717, 1.165) is 58.2 Å². The maximum Gasteiger partial charge on any atom is 0.153 e. The molecule has 4 nitrogen and oxygen atoms in total. The van der Waals surface area contributed by atoms with Crippen molar-refractivity contribution in [2.75, 3.05) is 11.4 Å². The van der Waals surface area contributed by atoms with Gasteiger partial charge >= 0.3 is 0 Å². The van der Waals surface area contributed by atoms with Crippen LogP contribution in [0.2, 0.25) is 0 Å². The molecule has 0 atom stereocenters. The first-order valence-electron chi connectivity index (χ1n) is 11.5. The van der Waals surface area contributed by atoms with Gasteiger partial charge in [0.25, 0.3) is 0 Å². The van der Waals surface area contributed by atoms with E-state index in [4.69, 9.17) is 14.5 Å². The van der Waals surface area contributed by atoms with Gasteiger partial charge < -0.3 is 14.4 Å². The van der Waals surface area contributed by atoms with Crippen molar-refractivity contribution in [3.63, 3.8) is 0 Å². The number of ether oxygens (including phenoxy) is 2. The maximum absolute atomic E-state index is 6.22. The molecule has 0 saturated carbocycles. The van der Waals surface area contributed by atoms with E-state index >= 15 is 0 Å². The molecule has 0 radical (unpaired) electrons. The number of hydrogen-bond donors (Lipinski definition) is 0. The number of rotatable bonds is 5. The summed E-state index contributed by atoms with van der Waals surface area (Å²) in [5.41, 5.74) is 5.60. The van der Waals surface area contributed by atoms with Crippen LogP contribution in [0.1, 0.15) is 11.3 Å². The predicted octanol–water partition coefficient (Wildman–Crippen LogP) is 7.82. The first-order valence-corrected chi connectivity index (χ1v) is 11.5. The molecule has 0 saturated heterocycles. The fourth-order valence-electron chi connectivity index (χ4n) is 4.62. The molecular weight excluding hydrogens is 420 g/mol. The monoisotopic (exact) mass is 444 g/mol. The topological polar surface area (TPSA) is 34.6 Å². The van der Waals surface area contributed by atoms with Gasteiger partial charge in [0, 0.05) is 23.3 Å². The first kappa shape index (κ1) is 20.3. The third-order valence-corrected chi connectivity index (χ3v) is 6.21. The smallest absolute Gasteiger partial charge is 0.153 e. The van der Waals surface area contributed by atoms with Gasteiger partial charge in [-0.15, -0.1) is 0 Å². The van der Waals surface area contributed by atoms with E-state index in [1.54, 1.807) is 0 Å². The van der Waals surface area contributed by atoms with Gasteiger partial charge in [-0.2, -0.15) is 0 Å². The minimum absolute atomic E-state index is 0.771. The first-order chi connectivity index (χ1) is 16.8. The van der Waals surface area contributed by atoms with Crippen LogP contribution in [0.3, 0.4) is 0 Å². The molecule has 166 valence electrons. The van der Waals surface area contributed by atoms with Crippen LogP contribution in [-0.2, 0) is 6.42 Å². The molecule has 4 heteroatoms. The van der Waals surface area contributed by atoms with Crippen LogP contribution in [0.25, 0.3) is 10.9 Å². The minimum atomic E-state index is 0.771. The molecule has 0 amide bonds. The summed E-state index contributed by atoms with van der Waals surface area (Å²) >= 11 is 0. The Morgan fingerprint density at radius 3 is 2.03 bits per heavy atom. The SMILES string of the molecule is Cc1nc2c(Oc3ccccc3)cccc2c2c1CCN2c1ccc(Oc2ccccc2)cc1. The molecule has 5 aromatic rings. The zero-order valence-corrected chi connectivity index (χ0v) is 18.9. The summed E-state index contributed by atoms with van der Waals surface area (Å²) in [4.78, 5) is 7.34. The Balaban J connectivity index is 1.37. The largest absolute Gasteiger partial charge is 0.457 e. The molecule has 0 bridgehead atoms. The van der Waals surface area contributed by atoms with Gasteiger partial charge in [0.05, 0.1) is 5.69 Å². The molecule has 1 aromatic heterocycles. The van der Waals surface area contributed by atoms with E-state index in [2.05, 4.69) is 30.0 Å². The van der Waals surface area contributed by atoms with Crippen LogP contribution in [0.15, 0.2) is 103 Å². The number of fused-ring (bicyclic) bond motifs is 3. The van der Waals surface area contributed by atoms with Crippen molar-refractivity contribution in [1.82, 2.24) is 4.98 Å². The molecule has 1 aliphatic heterocycles. The third-order valence-electron chi connectivity index (χ3n) is 6.21. The molecular formula is C30H24N2O2. The van der Waals surface area contributed by atoms with Crippen LogP contribution >= 0.6 is 0 Å². The maximum atomic E-state index is 6.22. The summed E-state index contributed by atoms with van der Waals surface area (Å²) in [6.45, 7) is 3.01. The number of benzene rings is 4. The van der Waals surface area contributed by atoms with Gasteiger partial charge in [0.2, 0.25) is 0 Å². The summed E-state index contributed by atoms with van der Waals surface area (Å²) in [5.74, 6) is 3.23. The number of aromatic nitrogens is 1. The standard InChI is InChI=1S/C30H24N2O2/c1-21-26-19-20-32(22-15-17-25(18-16-22)33-23-9-4-2-5-10-23)30(26)27-13-8-14-28(29(27)31-21)34-24-11-6-3-7-12-24/h2-18H,19-20H2,1H3. The highest BCUT2D eigenvalue weighted by Crippen LogP contribution is 2.43. The molecule has 1 aliphatic rings. The van der Waals surface area contributed by atoms with Crippen molar-refractivity contribution in [2.45, 2.75) is 13.3 Å².